The molecule has 0 fully saturated rings. The first-order valence-corrected chi connectivity index (χ1v) is 5.18. The van der Waals surface area contributed by atoms with Gasteiger partial charge in [-0.25, -0.2) is 4.39 Å². The molecule has 17 heavy (non-hydrogen) atoms. The van der Waals surface area contributed by atoms with Crippen LogP contribution >= 0.6 is 0 Å². The summed E-state index contributed by atoms with van der Waals surface area (Å²) in [7, 11) is 0. The number of nitrogens with one attached hydrogen (secondary N) is 1. The maximum Gasteiger partial charge on any atom is 0.265 e. The van der Waals surface area contributed by atoms with Crippen LogP contribution in [0.3, 0.4) is 0 Å². The van der Waals surface area contributed by atoms with Gasteiger partial charge < -0.3 is 5.32 Å². The Morgan fingerprint density at radius 3 is 2.47 bits per heavy atom. The lowest BCUT2D eigenvalue weighted by atomic mass is 10.2. The first kappa shape index (κ1) is 11.3. The average Bonchev–Trinajstić information content (AvgIpc) is 2.40. The minimum absolute atomic E-state index is 0.112. The van der Waals surface area contributed by atoms with Crippen molar-refractivity contribution in [2.75, 3.05) is 5.32 Å². The van der Waals surface area contributed by atoms with Gasteiger partial charge in [0.2, 0.25) is 6.17 Å². The van der Waals surface area contributed by atoms with Crippen LogP contribution in [-0.2, 0) is 4.79 Å². The molecule has 1 amide bonds. The van der Waals surface area contributed by atoms with Crippen molar-refractivity contribution in [3.8, 4) is 0 Å². The smallest absolute Gasteiger partial charge is 0.265 e. The number of benzene rings is 1. The predicted molar refractivity (Wildman–Crippen MR) is 63.2 cm³/mol. The van der Waals surface area contributed by atoms with Crippen LogP contribution in [0.5, 0.6) is 0 Å². The number of aromatic nitrogens is 1. The molecule has 0 aliphatic rings. The monoisotopic (exact) mass is 230 g/mol. The normalized spacial score (nSPS) is 11.8. The zero-order chi connectivity index (χ0) is 12.1. The van der Waals surface area contributed by atoms with Crippen LogP contribution in [-0.4, -0.2) is 10.9 Å². The highest BCUT2D eigenvalue weighted by molar-refractivity contribution is 5.94. The number of rotatable bonds is 3. The molecule has 3 nitrogen and oxygen atoms in total. The molecule has 1 heterocycles. The third-order valence-electron chi connectivity index (χ3n) is 2.22. The fourth-order valence-corrected chi connectivity index (χ4v) is 1.39. The minimum atomic E-state index is -1.75. The van der Waals surface area contributed by atoms with Crippen LogP contribution in [0.2, 0.25) is 0 Å². The van der Waals surface area contributed by atoms with Crippen LogP contribution in [0.1, 0.15) is 11.9 Å². The molecule has 4 heteroatoms. The second-order valence-electron chi connectivity index (χ2n) is 3.47. The zero-order valence-corrected chi connectivity index (χ0v) is 9.01. The van der Waals surface area contributed by atoms with E-state index in [1.165, 1.54) is 12.3 Å². The third kappa shape index (κ3) is 2.87. The van der Waals surface area contributed by atoms with Crippen molar-refractivity contribution in [1.82, 2.24) is 4.98 Å². The number of hydrogen-bond donors (Lipinski definition) is 1. The molecule has 1 aromatic carbocycles. The van der Waals surface area contributed by atoms with Gasteiger partial charge in [0.15, 0.2) is 0 Å². The number of amides is 1. The number of para-hydroxylation sites is 1. The Morgan fingerprint density at radius 2 is 1.82 bits per heavy atom. The molecule has 0 aliphatic heterocycles. The van der Waals surface area contributed by atoms with Crippen LogP contribution in [0, 0.1) is 0 Å². The quantitative estimate of drug-likeness (QED) is 0.880. The van der Waals surface area contributed by atoms with E-state index in [0.29, 0.717) is 5.69 Å². The Hall–Kier alpha value is -2.23. The first-order chi connectivity index (χ1) is 8.27. The molecule has 1 atom stereocenters. The summed E-state index contributed by atoms with van der Waals surface area (Å²) < 4.78 is 13.7. The van der Waals surface area contributed by atoms with Crippen molar-refractivity contribution in [3.63, 3.8) is 0 Å². The zero-order valence-electron chi connectivity index (χ0n) is 9.01. The number of pyridine rings is 1. The average molecular weight is 230 g/mol. The molecule has 0 aliphatic carbocycles. The Morgan fingerprint density at radius 1 is 1.12 bits per heavy atom. The summed E-state index contributed by atoms with van der Waals surface area (Å²) in [4.78, 5) is 15.4. The van der Waals surface area contributed by atoms with Gasteiger partial charge in [-0.05, 0) is 24.3 Å². The van der Waals surface area contributed by atoms with E-state index in [2.05, 4.69) is 10.3 Å². The molecule has 86 valence electrons. The van der Waals surface area contributed by atoms with Gasteiger partial charge in [-0.2, -0.15) is 0 Å². The highest BCUT2D eigenvalue weighted by Crippen LogP contribution is 2.17. The van der Waals surface area contributed by atoms with Gasteiger partial charge in [0.05, 0.1) is 5.69 Å². The number of nitrogens with zero attached hydrogens (tertiary/aromatic N) is 1. The lowest BCUT2D eigenvalue weighted by Gasteiger charge is -2.08. The minimum Gasteiger partial charge on any atom is -0.323 e. The number of halogens is 1. The Balaban J connectivity index is 2.06. The summed E-state index contributed by atoms with van der Waals surface area (Å²) in [6.07, 6.45) is -0.297. The summed E-state index contributed by atoms with van der Waals surface area (Å²) in [5, 5.41) is 2.49. The van der Waals surface area contributed by atoms with Crippen molar-refractivity contribution >= 4 is 11.6 Å². The molecule has 0 spiro atoms. The number of anilines is 1. The summed E-state index contributed by atoms with van der Waals surface area (Å²) in [6, 6.07) is 13.5. The summed E-state index contributed by atoms with van der Waals surface area (Å²) >= 11 is 0. The fraction of sp³-hybridized carbons (Fsp3) is 0.0769. The van der Waals surface area contributed by atoms with E-state index in [9.17, 15) is 9.18 Å². The van der Waals surface area contributed by atoms with E-state index in [4.69, 9.17) is 0 Å². The van der Waals surface area contributed by atoms with Gasteiger partial charge >= 0.3 is 0 Å². The molecule has 2 aromatic rings. The maximum absolute atomic E-state index is 13.7. The summed E-state index contributed by atoms with van der Waals surface area (Å²) in [5.41, 5.74) is 0.678. The lowest BCUT2D eigenvalue weighted by Crippen LogP contribution is -2.18. The van der Waals surface area contributed by atoms with Gasteiger partial charge in [0.25, 0.3) is 5.91 Å². The van der Waals surface area contributed by atoms with Gasteiger partial charge in [0, 0.05) is 11.9 Å². The highest BCUT2D eigenvalue weighted by Gasteiger charge is 2.20. The predicted octanol–water partition coefficient (Wildman–Crippen LogP) is 2.73. The molecule has 1 aromatic heterocycles. The Kier molecular flexibility index (Phi) is 3.45. The van der Waals surface area contributed by atoms with Gasteiger partial charge in [-0.15, -0.1) is 0 Å². The largest absolute Gasteiger partial charge is 0.323 e. The standard InChI is InChI=1S/C13H11FN2O/c14-12(11-8-4-5-9-15-11)13(17)16-10-6-2-1-3-7-10/h1-9,12H,(H,16,17). The number of carbonyl (C=O) groups is 1. The molecular formula is C13H11FN2O. The van der Waals surface area contributed by atoms with Crippen molar-refractivity contribution in [3.05, 3.63) is 60.4 Å². The fourth-order valence-electron chi connectivity index (χ4n) is 1.39. The van der Waals surface area contributed by atoms with E-state index in [0.717, 1.165) is 0 Å². The van der Waals surface area contributed by atoms with Crippen LogP contribution < -0.4 is 5.32 Å². The summed E-state index contributed by atoms with van der Waals surface area (Å²) in [5.74, 6) is -0.713. The SMILES string of the molecule is O=C(Nc1ccccc1)C(F)c1ccccn1. The molecule has 0 bridgehead atoms. The molecule has 0 saturated carbocycles. The van der Waals surface area contributed by atoms with E-state index < -0.39 is 12.1 Å². The first-order valence-electron chi connectivity index (χ1n) is 5.18. The van der Waals surface area contributed by atoms with Crippen molar-refractivity contribution in [2.45, 2.75) is 6.17 Å². The summed E-state index contributed by atoms with van der Waals surface area (Å²) in [6.45, 7) is 0. The number of alkyl halides is 1. The second kappa shape index (κ2) is 5.21. The number of carbonyl (C=O) groups excluding carboxylic acids is 1. The molecule has 0 saturated heterocycles. The molecule has 2 rings (SSSR count). The van der Waals surface area contributed by atoms with Gasteiger partial charge in [-0.1, -0.05) is 24.3 Å². The van der Waals surface area contributed by atoms with E-state index in [1.54, 1.807) is 36.4 Å². The van der Waals surface area contributed by atoms with Crippen molar-refractivity contribution in [2.24, 2.45) is 0 Å². The lowest BCUT2D eigenvalue weighted by molar-refractivity contribution is -0.121. The van der Waals surface area contributed by atoms with Crippen molar-refractivity contribution < 1.29 is 9.18 Å². The van der Waals surface area contributed by atoms with E-state index in [1.807, 2.05) is 6.07 Å². The second-order valence-corrected chi connectivity index (χ2v) is 3.47. The Bertz CT molecular complexity index is 487. The van der Waals surface area contributed by atoms with E-state index >= 15 is 0 Å². The molecular weight excluding hydrogens is 219 g/mol. The van der Waals surface area contributed by atoms with Crippen LogP contribution in [0.15, 0.2) is 54.7 Å². The third-order valence-corrected chi connectivity index (χ3v) is 2.22. The Labute approximate surface area is 98.3 Å². The van der Waals surface area contributed by atoms with Gasteiger partial charge in [-0.3, -0.25) is 9.78 Å². The molecule has 1 unspecified atom stereocenters. The van der Waals surface area contributed by atoms with Gasteiger partial charge in [0.1, 0.15) is 0 Å². The molecule has 1 N–H and O–H groups in total. The van der Waals surface area contributed by atoms with E-state index in [-0.39, 0.29) is 5.69 Å². The number of hydrogen-bond acceptors (Lipinski definition) is 2. The van der Waals surface area contributed by atoms with Crippen LogP contribution in [0.25, 0.3) is 0 Å². The molecule has 0 radical (unpaired) electrons. The van der Waals surface area contributed by atoms with Crippen molar-refractivity contribution in [1.29, 1.82) is 0 Å². The maximum atomic E-state index is 13.7. The highest BCUT2D eigenvalue weighted by atomic mass is 19.1. The topological polar surface area (TPSA) is 42.0 Å². The van der Waals surface area contributed by atoms with Crippen LogP contribution in [0.4, 0.5) is 10.1 Å².